The Balaban J connectivity index is 0.00000264. The highest BCUT2D eigenvalue weighted by atomic mass is 127. The number of guanidine groups is 1. The molecule has 1 aromatic carbocycles. The normalized spacial score (nSPS) is 20.7. The maximum Gasteiger partial charge on any atom is 0.191 e. The highest BCUT2D eigenvalue weighted by Crippen LogP contribution is 2.28. The Labute approximate surface area is 161 Å². The minimum atomic E-state index is 0. The number of nitrogens with zero attached hydrogens (tertiary/aromatic N) is 1. The van der Waals surface area contributed by atoms with Crippen LogP contribution in [0.3, 0.4) is 0 Å². The largest absolute Gasteiger partial charge is 0.496 e. The van der Waals surface area contributed by atoms with E-state index in [2.05, 4.69) is 27.9 Å². The van der Waals surface area contributed by atoms with Gasteiger partial charge in [0, 0.05) is 24.9 Å². The number of ether oxygens (including phenoxy) is 1. The van der Waals surface area contributed by atoms with E-state index in [0.717, 1.165) is 29.9 Å². The summed E-state index contributed by atoms with van der Waals surface area (Å²) >= 11 is 1.98. The molecule has 2 rings (SSSR count). The fourth-order valence-electron chi connectivity index (χ4n) is 2.90. The molecule has 0 spiro atoms. The van der Waals surface area contributed by atoms with Crippen LogP contribution in [-0.2, 0) is 6.42 Å². The van der Waals surface area contributed by atoms with Crippen molar-refractivity contribution in [2.45, 2.75) is 37.0 Å². The van der Waals surface area contributed by atoms with Crippen molar-refractivity contribution in [3.63, 3.8) is 0 Å². The summed E-state index contributed by atoms with van der Waals surface area (Å²) in [6.45, 7) is 0.846. The van der Waals surface area contributed by atoms with Crippen molar-refractivity contribution in [2.75, 3.05) is 27.0 Å². The molecule has 23 heavy (non-hydrogen) atoms. The summed E-state index contributed by atoms with van der Waals surface area (Å²) in [4.78, 5) is 4.33. The summed E-state index contributed by atoms with van der Waals surface area (Å²) in [5, 5.41) is 7.74. The highest BCUT2D eigenvalue weighted by molar-refractivity contribution is 14.0. The molecule has 0 radical (unpaired) electrons. The number of hydrogen-bond donors (Lipinski definition) is 2. The first-order valence-electron chi connectivity index (χ1n) is 7.88. The zero-order valence-corrected chi connectivity index (χ0v) is 17.3. The average molecular weight is 449 g/mol. The standard InChI is InChI=1S/C17H27N3OS.HI/c1-18-17(20-14-8-9-15(12-14)22-3)19-11-10-13-6-4-5-7-16(13)21-2;/h4-7,14-15H,8-12H2,1-3H3,(H2,18,19,20);1H. The molecule has 1 aromatic rings. The number of aliphatic imine (C=N–C) groups is 1. The van der Waals surface area contributed by atoms with Crippen LogP contribution in [0.5, 0.6) is 5.75 Å². The summed E-state index contributed by atoms with van der Waals surface area (Å²) in [5.74, 6) is 1.85. The summed E-state index contributed by atoms with van der Waals surface area (Å²) in [6.07, 6.45) is 6.89. The van der Waals surface area contributed by atoms with E-state index in [1.165, 1.54) is 24.8 Å². The van der Waals surface area contributed by atoms with E-state index in [4.69, 9.17) is 4.74 Å². The lowest BCUT2D eigenvalue weighted by Crippen LogP contribution is -2.43. The zero-order valence-electron chi connectivity index (χ0n) is 14.2. The molecule has 0 aliphatic heterocycles. The van der Waals surface area contributed by atoms with Gasteiger partial charge in [-0.1, -0.05) is 18.2 Å². The second kappa shape index (κ2) is 11.0. The lowest BCUT2D eigenvalue weighted by molar-refractivity contribution is 0.409. The molecule has 2 atom stereocenters. The van der Waals surface area contributed by atoms with Gasteiger partial charge in [0.15, 0.2) is 5.96 Å². The van der Waals surface area contributed by atoms with Crippen LogP contribution in [0.15, 0.2) is 29.3 Å². The maximum atomic E-state index is 5.38. The predicted molar refractivity (Wildman–Crippen MR) is 112 cm³/mol. The second-order valence-corrected chi connectivity index (χ2v) is 6.71. The van der Waals surface area contributed by atoms with Gasteiger partial charge in [0.25, 0.3) is 0 Å². The molecule has 0 heterocycles. The zero-order chi connectivity index (χ0) is 15.8. The van der Waals surface area contributed by atoms with Gasteiger partial charge in [-0.2, -0.15) is 11.8 Å². The minimum Gasteiger partial charge on any atom is -0.496 e. The van der Waals surface area contributed by atoms with Crippen molar-refractivity contribution < 1.29 is 4.74 Å². The summed E-state index contributed by atoms with van der Waals surface area (Å²) < 4.78 is 5.38. The van der Waals surface area contributed by atoms with Gasteiger partial charge in [-0.05, 0) is 43.6 Å². The van der Waals surface area contributed by atoms with Crippen LogP contribution in [0, 0.1) is 0 Å². The fourth-order valence-corrected chi connectivity index (χ4v) is 3.69. The van der Waals surface area contributed by atoms with Crippen LogP contribution < -0.4 is 15.4 Å². The lowest BCUT2D eigenvalue weighted by Gasteiger charge is -2.17. The van der Waals surface area contributed by atoms with Gasteiger partial charge in [-0.15, -0.1) is 24.0 Å². The molecule has 0 bridgehead atoms. The number of thioether (sulfide) groups is 1. The Morgan fingerprint density at radius 2 is 2.13 bits per heavy atom. The number of benzene rings is 1. The third kappa shape index (κ3) is 6.41. The molecule has 4 nitrogen and oxygen atoms in total. The molecule has 1 aliphatic carbocycles. The Morgan fingerprint density at radius 1 is 1.35 bits per heavy atom. The van der Waals surface area contributed by atoms with Crippen molar-refractivity contribution >= 4 is 41.7 Å². The molecule has 130 valence electrons. The third-order valence-electron chi connectivity index (χ3n) is 4.16. The van der Waals surface area contributed by atoms with Crippen molar-refractivity contribution in [1.82, 2.24) is 10.6 Å². The van der Waals surface area contributed by atoms with Gasteiger partial charge in [0.1, 0.15) is 5.75 Å². The average Bonchev–Trinajstić information content (AvgIpc) is 3.02. The Morgan fingerprint density at radius 3 is 2.78 bits per heavy atom. The van der Waals surface area contributed by atoms with Crippen LogP contribution in [0.25, 0.3) is 0 Å². The first-order chi connectivity index (χ1) is 10.8. The topological polar surface area (TPSA) is 45.7 Å². The molecule has 1 fully saturated rings. The molecule has 2 unspecified atom stereocenters. The van der Waals surface area contributed by atoms with E-state index >= 15 is 0 Å². The van der Waals surface area contributed by atoms with Gasteiger partial charge in [0.2, 0.25) is 0 Å². The monoisotopic (exact) mass is 449 g/mol. The fraction of sp³-hybridized carbons (Fsp3) is 0.588. The quantitative estimate of drug-likeness (QED) is 0.398. The van der Waals surface area contributed by atoms with Crippen LogP contribution in [0.2, 0.25) is 0 Å². The van der Waals surface area contributed by atoms with E-state index in [9.17, 15) is 0 Å². The van der Waals surface area contributed by atoms with Gasteiger partial charge in [-0.3, -0.25) is 4.99 Å². The van der Waals surface area contributed by atoms with Crippen LogP contribution in [0.1, 0.15) is 24.8 Å². The summed E-state index contributed by atoms with van der Waals surface area (Å²) in [7, 11) is 3.55. The molecule has 0 amide bonds. The van der Waals surface area contributed by atoms with Gasteiger partial charge in [0.05, 0.1) is 7.11 Å². The van der Waals surface area contributed by atoms with Crippen molar-refractivity contribution in [3.8, 4) is 5.75 Å². The molecule has 1 aliphatic rings. The van der Waals surface area contributed by atoms with Crippen LogP contribution in [0.4, 0.5) is 0 Å². The highest BCUT2D eigenvalue weighted by Gasteiger charge is 2.24. The van der Waals surface area contributed by atoms with E-state index in [-0.39, 0.29) is 24.0 Å². The number of halogens is 1. The summed E-state index contributed by atoms with van der Waals surface area (Å²) in [5.41, 5.74) is 1.22. The Kier molecular flexibility index (Phi) is 9.78. The van der Waals surface area contributed by atoms with E-state index in [1.807, 2.05) is 37.0 Å². The first-order valence-corrected chi connectivity index (χ1v) is 9.17. The Hall–Kier alpha value is -0.630. The van der Waals surface area contributed by atoms with Crippen molar-refractivity contribution in [3.05, 3.63) is 29.8 Å². The molecule has 2 N–H and O–H groups in total. The van der Waals surface area contributed by atoms with Gasteiger partial charge in [-0.25, -0.2) is 0 Å². The maximum absolute atomic E-state index is 5.38. The number of nitrogens with one attached hydrogen (secondary N) is 2. The number of hydrogen-bond acceptors (Lipinski definition) is 3. The summed E-state index contributed by atoms with van der Waals surface area (Å²) in [6, 6.07) is 8.71. The number of methoxy groups -OCH3 is 1. The number of para-hydroxylation sites is 1. The molecular weight excluding hydrogens is 421 g/mol. The third-order valence-corrected chi connectivity index (χ3v) is 5.26. The molecule has 6 heteroatoms. The van der Waals surface area contributed by atoms with Crippen LogP contribution in [-0.4, -0.2) is 44.2 Å². The van der Waals surface area contributed by atoms with Crippen molar-refractivity contribution in [1.29, 1.82) is 0 Å². The van der Waals surface area contributed by atoms with Crippen molar-refractivity contribution in [2.24, 2.45) is 4.99 Å². The molecular formula is C17H28IN3OS. The predicted octanol–water partition coefficient (Wildman–Crippen LogP) is 3.30. The van der Waals surface area contributed by atoms with Crippen LogP contribution >= 0.6 is 35.7 Å². The SMILES string of the molecule is CN=C(NCCc1ccccc1OC)NC1CCC(SC)C1.I. The number of rotatable bonds is 6. The lowest BCUT2D eigenvalue weighted by atomic mass is 10.1. The van der Waals surface area contributed by atoms with Gasteiger partial charge < -0.3 is 15.4 Å². The smallest absolute Gasteiger partial charge is 0.191 e. The van der Waals surface area contributed by atoms with E-state index in [1.54, 1.807) is 7.11 Å². The van der Waals surface area contributed by atoms with Gasteiger partial charge >= 0.3 is 0 Å². The van der Waals surface area contributed by atoms with E-state index in [0.29, 0.717) is 6.04 Å². The molecule has 0 aromatic heterocycles. The van der Waals surface area contributed by atoms with E-state index < -0.39 is 0 Å². The molecule has 1 saturated carbocycles. The second-order valence-electron chi connectivity index (χ2n) is 5.57. The Bertz CT molecular complexity index is 498. The first kappa shape index (κ1) is 20.4. The minimum absolute atomic E-state index is 0. The molecule has 0 saturated heterocycles.